The fraction of sp³-hybridized carbons (Fsp3) is 0. The lowest BCUT2D eigenvalue weighted by atomic mass is 9.95. The SMILES string of the molecule is c1ccc(N(c2ccccc2)c2ccc3c(c2)c2ccccc2n3-c2cccc(-c3cccc(-c4cccc(-c5cccc(-c6ncnc7c6oc6ccccc67)c5)c4)c3)c2)cc1. The third kappa shape index (κ3) is 6.42. The van der Waals surface area contributed by atoms with Crippen LogP contribution in [0, 0.1) is 0 Å². The first-order chi connectivity index (χ1) is 31.2. The van der Waals surface area contributed by atoms with Crippen molar-refractivity contribution in [2.24, 2.45) is 0 Å². The second kappa shape index (κ2) is 15.2. The molecule has 0 atom stereocenters. The number of anilines is 3. The highest BCUT2D eigenvalue weighted by Crippen LogP contribution is 2.41. The highest BCUT2D eigenvalue weighted by molar-refractivity contribution is 6.11. The van der Waals surface area contributed by atoms with Gasteiger partial charge in [0.1, 0.15) is 23.1 Å². The molecule has 0 aliphatic heterocycles. The van der Waals surface area contributed by atoms with Crippen LogP contribution in [0.15, 0.2) is 235 Å². The number of hydrogen-bond acceptors (Lipinski definition) is 4. The number of aromatic nitrogens is 3. The van der Waals surface area contributed by atoms with Gasteiger partial charge >= 0.3 is 0 Å². The number of para-hydroxylation sites is 4. The Balaban J connectivity index is 0.892. The average Bonchev–Trinajstić information content (AvgIpc) is 3.91. The molecule has 0 saturated heterocycles. The molecule has 0 spiro atoms. The lowest BCUT2D eigenvalue weighted by Gasteiger charge is -2.25. The molecule has 0 fully saturated rings. The van der Waals surface area contributed by atoms with Gasteiger partial charge < -0.3 is 13.9 Å². The van der Waals surface area contributed by atoms with Crippen molar-refractivity contribution in [3.8, 4) is 50.3 Å². The Morgan fingerprint density at radius 1 is 0.365 bits per heavy atom. The molecule has 0 saturated carbocycles. The summed E-state index contributed by atoms with van der Waals surface area (Å²) in [5, 5.41) is 3.41. The molecule has 5 nitrogen and oxygen atoms in total. The van der Waals surface area contributed by atoms with Crippen LogP contribution in [-0.4, -0.2) is 14.5 Å². The lowest BCUT2D eigenvalue weighted by molar-refractivity contribution is 0.667. The van der Waals surface area contributed by atoms with Gasteiger partial charge in [0.2, 0.25) is 0 Å². The van der Waals surface area contributed by atoms with Crippen LogP contribution in [0.2, 0.25) is 0 Å². The van der Waals surface area contributed by atoms with Crippen LogP contribution in [-0.2, 0) is 0 Å². The number of rotatable bonds is 8. The molecule has 0 amide bonds. The molecule has 0 bridgehead atoms. The predicted molar refractivity (Wildman–Crippen MR) is 260 cm³/mol. The van der Waals surface area contributed by atoms with Crippen LogP contribution in [0.25, 0.3) is 94.2 Å². The van der Waals surface area contributed by atoms with Crippen LogP contribution in [0.5, 0.6) is 0 Å². The van der Waals surface area contributed by atoms with Crippen LogP contribution in [0.4, 0.5) is 17.1 Å². The van der Waals surface area contributed by atoms with E-state index in [9.17, 15) is 0 Å². The van der Waals surface area contributed by atoms with Crippen molar-refractivity contribution < 1.29 is 4.42 Å². The van der Waals surface area contributed by atoms with Gasteiger partial charge in [-0.1, -0.05) is 133 Å². The minimum atomic E-state index is 0.701. The highest BCUT2D eigenvalue weighted by Gasteiger charge is 2.18. The summed E-state index contributed by atoms with van der Waals surface area (Å²) in [6.45, 7) is 0. The van der Waals surface area contributed by atoms with Crippen molar-refractivity contribution in [2.45, 2.75) is 0 Å². The summed E-state index contributed by atoms with van der Waals surface area (Å²) in [4.78, 5) is 11.6. The number of furan rings is 1. The van der Waals surface area contributed by atoms with E-state index in [4.69, 9.17) is 4.42 Å². The number of nitrogens with zero attached hydrogens (tertiary/aromatic N) is 4. The van der Waals surface area contributed by atoms with Crippen molar-refractivity contribution in [3.05, 3.63) is 231 Å². The largest absolute Gasteiger partial charge is 0.452 e. The maximum atomic E-state index is 6.29. The zero-order valence-corrected chi connectivity index (χ0v) is 34.1. The summed E-state index contributed by atoms with van der Waals surface area (Å²) in [7, 11) is 0. The molecule has 3 aromatic heterocycles. The molecule has 0 radical (unpaired) electrons. The Hall–Kier alpha value is -8.54. The van der Waals surface area contributed by atoms with Crippen molar-refractivity contribution in [1.29, 1.82) is 0 Å². The first-order valence-corrected chi connectivity index (χ1v) is 21.2. The molecule has 12 aromatic rings. The Bertz CT molecular complexity index is 3610. The maximum absolute atomic E-state index is 6.29. The molecule has 0 aliphatic rings. The van der Waals surface area contributed by atoms with E-state index in [0.717, 1.165) is 89.4 Å². The van der Waals surface area contributed by atoms with E-state index in [-0.39, 0.29) is 0 Å². The number of hydrogen-bond donors (Lipinski definition) is 0. The zero-order valence-electron chi connectivity index (χ0n) is 34.1. The van der Waals surface area contributed by atoms with E-state index in [0.29, 0.717) is 5.58 Å². The minimum absolute atomic E-state index is 0.701. The first kappa shape index (κ1) is 36.3. The van der Waals surface area contributed by atoms with Gasteiger partial charge in [-0.3, -0.25) is 0 Å². The van der Waals surface area contributed by atoms with Crippen molar-refractivity contribution in [3.63, 3.8) is 0 Å². The van der Waals surface area contributed by atoms with E-state index >= 15 is 0 Å². The minimum Gasteiger partial charge on any atom is -0.452 e. The summed E-state index contributed by atoms with van der Waals surface area (Å²) in [5.74, 6) is 0. The highest BCUT2D eigenvalue weighted by atomic mass is 16.3. The van der Waals surface area contributed by atoms with E-state index in [1.807, 2.05) is 24.3 Å². The van der Waals surface area contributed by atoms with Gasteiger partial charge in [-0.2, -0.15) is 0 Å². The van der Waals surface area contributed by atoms with Crippen molar-refractivity contribution in [1.82, 2.24) is 14.5 Å². The van der Waals surface area contributed by atoms with Crippen LogP contribution >= 0.6 is 0 Å². The molecule has 9 aromatic carbocycles. The summed E-state index contributed by atoms with van der Waals surface area (Å²) < 4.78 is 8.68. The van der Waals surface area contributed by atoms with Gasteiger partial charge in [0.05, 0.1) is 11.0 Å². The Morgan fingerprint density at radius 3 is 1.56 bits per heavy atom. The molecule has 0 aliphatic carbocycles. The summed E-state index contributed by atoms with van der Waals surface area (Å²) in [5.41, 5.74) is 17.7. The van der Waals surface area contributed by atoms with E-state index in [1.165, 1.54) is 16.3 Å². The fourth-order valence-corrected chi connectivity index (χ4v) is 9.14. The molecule has 5 heteroatoms. The molecule has 0 N–H and O–H groups in total. The number of fused-ring (bicyclic) bond motifs is 6. The molecular formula is C58H38N4O. The van der Waals surface area contributed by atoms with Crippen LogP contribution in [0.3, 0.4) is 0 Å². The predicted octanol–water partition coefficient (Wildman–Crippen LogP) is 15.6. The second-order valence-corrected chi connectivity index (χ2v) is 15.9. The maximum Gasteiger partial charge on any atom is 0.180 e. The summed E-state index contributed by atoms with van der Waals surface area (Å²) in [6, 6.07) is 79.8. The first-order valence-electron chi connectivity index (χ1n) is 21.2. The van der Waals surface area contributed by atoms with Crippen LogP contribution < -0.4 is 4.90 Å². The Kier molecular flexibility index (Phi) is 8.75. The zero-order chi connectivity index (χ0) is 41.7. The smallest absolute Gasteiger partial charge is 0.180 e. The van der Waals surface area contributed by atoms with Crippen molar-refractivity contribution in [2.75, 3.05) is 4.90 Å². The number of benzene rings is 9. The van der Waals surface area contributed by atoms with Gasteiger partial charge in [0, 0.05) is 44.5 Å². The van der Waals surface area contributed by atoms with E-state index < -0.39 is 0 Å². The quantitative estimate of drug-likeness (QED) is 0.153. The molecule has 12 rings (SSSR count). The van der Waals surface area contributed by atoms with Gasteiger partial charge in [-0.05, 0) is 124 Å². The third-order valence-electron chi connectivity index (χ3n) is 12.1. The Morgan fingerprint density at radius 2 is 0.889 bits per heavy atom. The average molecular weight is 807 g/mol. The van der Waals surface area contributed by atoms with Gasteiger partial charge in [0.25, 0.3) is 0 Å². The topological polar surface area (TPSA) is 47.1 Å². The third-order valence-corrected chi connectivity index (χ3v) is 12.1. The Labute approximate surface area is 364 Å². The normalized spacial score (nSPS) is 11.5. The van der Waals surface area contributed by atoms with E-state index in [2.05, 4.69) is 220 Å². The van der Waals surface area contributed by atoms with Gasteiger partial charge in [-0.25, -0.2) is 9.97 Å². The van der Waals surface area contributed by atoms with Crippen molar-refractivity contribution >= 4 is 60.9 Å². The van der Waals surface area contributed by atoms with E-state index in [1.54, 1.807) is 6.33 Å². The lowest BCUT2D eigenvalue weighted by Crippen LogP contribution is -2.09. The van der Waals surface area contributed by atoms with Crippen LogP contribution in [0.1, 0.15) is 0 Å². The molecule has 296 valence electrons. The molecular weight excluding hydrogens is 769 g/mol. The summed E-state index contributed by atoms with van der Waals surface area (Å²) >= 11 is 0. The monoisotopic (exact) mass is 806 g/mol. The standard InChI is InChI=1S/C58H38N4O/c1-3-22-46(23-4-1)61(47-24-5-2-6-25-47)49-31-32-54-52(37-49)50-27-7-9-29-53(50)62(54)48-26-14-20-44(36-48)42-18-12-16-40(34-42)39-15-11-17-41(33-39)43-19-13-21-45(35-43)56-58-57(60-38-59-56)51-28-8-10-30-55(51)63-58/h1-38H. The second-order valence-electron chi connectivity index (χ2n) is 15.9. The summed E-state index contributed by atoms with van der Waals surface area (Å²) in [6.07, 6.45) is 1.63. The van der Waals surface area contributed by atoms with Gasteiger partial charge in [0.15, 0.2) is 5.58 Å². The molecule has 0 unspecified atom stereocenters. The fourth-order valence-electron chi connectivity index (χ4n) is 9.14. The molecule has 3 heterocycles. The van der Waals surface area contributed by atoms with Gasteiger partial charge in [-0.15, -0.1) is 0 Å². The molecule has 63 heavy (non-hydrogen) atoms.